The molecule has 1 unspecified atom stereocenters. The number of amides is 1. The van der Waals surface area contributed by atoms with Gasteiger partial charge in [0.2, 0.25) is 10.0 Å². The molecule has 0 bridgehead atoms. The van der Waals surface area contributed by atoms with Crippen LogP contribution in [0, 0.1) is 5.92 Å². The van der Waals surface area contributed by atoms with Crippen molar-refractivity contribution in [3.63, 3.8) is 0 Å². The van der Waals surface area contributed by atoms with Crippen LogP contribution in [0.3, 0.4) is 0 Å². The van der Waals surface area contributed by atoms with Crippen molar-refractivity contribution in [3.8, 4) is 5.75 Å². The molecule has 8 heteroatoms. The highest BCUT2D eigenvalue weighted by atomic mass is 32.2. The van der Waals surface area contributed by atoms with E-state index >= 15 is 0 Å². The summed E-state index contributed by atoms with van der Waals surface area (Å²) >= 11 is 0. The summed E-state index contributed by atoms with van der Waals surface area (Å²) in [7, 11) is -2.31. The molecule has 144 valence electrons. The number of ether oxygens (including phenoxy) is 2. The average Bonchev–Trinajstić information content (AvgIpc) is 2.67. The van der Waals surface area contributed by atoms with Crippen LogP contribution in [-0.2, 0) is 14.8 Å². The Labute approximate surface area is 154 Å². The van der Waals surface area contributed by atoms with E-state index in [1.54, 1.807) is 17.0 Å². The van der Waals surface area contributed by atoms with E-state index in [1.807, 2.05) is 0 Å². The lowest BCUT2D eigenvalue weighted by atomic mass is 9.99. The molecule has 1 aromatic carbocycles. The van der Waals surface area contributed by atoms with Crippen molar-refractivity contribution in [2.45, 2.75) is 24.7 Å². The molecule has 2 saturated heterocycles. The summed E-state index contributed by atoms with van der Waals surface area (Å²) in [6, 6.07) is 4.65. The van der Waals surface area contributed by atoms with Gasteiger partial charge in [0, 0.05) is 31.7 Å². The van der Waals surface area contributed by atoms with Crippen LogP contribution in [0.15, 0.2) is 23.1 Å². The SMILES string of the molecule is COc1ccc(C(=O)N2CCCC(C)C2)cc1S(=O)(=O)N1CCOCC1. The van der Waals surface area contributed by atoms with Crippen LogP contribution in [-0.4, -0.2) is 70.0 Å². The van der Waals surface area contributed by atoms with E-state index in [2.05, 4.69) is 6.92 Å². The van der Waals surface area contributed by atoms with E-state index in [9.17, 15) is 13.2 Å². The lowest BCUT2D eigenvalue weighted by molar-refractivity contribution is 0.0682. The molecule has 3 rings (SSSR count). The predicted octanol–water partition coefficient (Wildman–Crippen LogP) is 1.59. The number of morpholine rings is 1. The third kappa shape index (κ3) is 3.87. The Balaban J connectivity index is 1.92. The van der Waals surface area contributed by atoms with Gasteiger partial charge in [0.15, 0.2) is 0 Å². The Morgan fingerprint density at radius 2 is 1.96 bits per heavy atom. The Hall–Kier alpha value is -1.64. The van der Waals surface area contributed by atoms with Gasteiger partial charge >= 0.3 is 0 Å². The molecule has 26 heavy (non-hydrogen) atoms. The van der Waals surface area contributed by atoms with Crippen molar-refractivity contribution < 1.29 is 22.7 Å². The van der Waals surface area contributed by atoms with Gasteiger partial charge in [0.1, 0.15) is 10.6 Å². The molecule has 0 radical (unpaired) electrons. The number of piperidine rings is 1. The summed E-state index contributed by atoms with van der Waals surface area (Å²) in [5.41, 5.74) is 0.381. The highest BCUT2D eigenvalue weighted by Gasteiger charge is 2.31. The predicted molar refractivity (Wildman–Crippen MR) is 96.9 cm³/mol. The average molecular weight is 382 g/mol. The first-order valence-electron chi connectivity index (χ1n) is 8.98. The third-order valence-electron chi connectivity index (χ3n) is 4.94. The number of nitrogens with zero attached hydrogens (tertiary/aromatic N) is 2. The standard InChI is InChI=1S/C18H26N2O5S/c1-14-4-3-7-19(13-14)18(21)15-5-6-16(24-2)17(12-15)26(22,23)20-8-10-25-11-9-20/h5-6,12,14H,3-4,7-11,13H2,1-2H3. The minimum absolute atomic E-state index is 0.0396. The molecule has 0 N–H and O–H groups in total. The number of hydrogen-bond acceptors (Lipinski definition) is 5. The number of benzene rings is 1. The quantitative estimate of drug-likeness (QED) is 0.790. The van der Waals surface area contributed by atoms with Gasteiger partial charge in [0.05, 0.1) is 20.3 Å². The summed E-state index contributed by atoms with van der Waals surface area (Å²) in [6.07, 6.45) is 2.09. The van der Waals surface area contributed by atoms with Crippen LogP contribution >= 0.6 is 0 Å². The lowest BCUT2D eigenvalue weighted by Gasteiger charge is -2.31. The van der Waals surface area contributed by atoms with Gasteiger partial charge in [-0.3, -0.25) is 4.79 Å². The second-order valence-corrected chi connectivity index (χ2v) is 8.79. The molecular weight excluding hydrogens is 356 g/mol. The number of likely N-dealkylation sites (tertiary alicyclic amines) is 1. The minimum atomic E-state index is -3.74. The van der Waals surface area contributed by atoms with Gasteiger partial charge in [-0.2, -0.15) is 4.31 Å². The molecule has 1 atom stereocenters. The van der Waals surface area contributed by atoms with Crippen LogP contribution in [0.4, 0.5) is 0 Å². The summed E-state index contributed by atoms with van der Waals surface area (Å²) in [4.78, 5) is 14.7. The maximum absolute atomic E-state index is 13.0. The molecule has 2 aliphatic rings. The van der Waals surface area contributed by atoms with E-state index in [4.69, 9.17) is 9.47 Å². The number of methoxy groups -OCH3 is 1. The summed E-state index contributed by atoms with van der Waals surface area (Å²) in [5, 5.41) is 0. The van der Waals surface area contributed by atoms with Crippen molar-refractivity contribution in [1.29, 1.82) is 0 Å². The molecule has 0 saturated carbocycles. The Bertz CT molecular complexity index is 759. The van der Waals surface area contributed by atoms with Crippen molar-refractivity contribution in [2.24, 2.45) is 5.92 Å². The Kier molecular flexibility index (Phi) is 5.84. The van der Waals surface area contributed by atoms with Gasteiger partial charge in [-0.15, -0.1) is 0 Å². The molecule has 7 nitrogen and oxygen atoms in total. The molecule has 0 spiro atoms. The first kappa shape index (κ1) is 19.1. The second-order valence-electron chi connectivity index (χ2n) is 6.88. The first-order valence-corrected chi connectivity index (χ1v) is 10.4. The zero-order chi connectivity index (χ0) is 18.7. The second kappa shape index (κ2) is 7.94. The summed E-state index contributed by atoms with van der Waals surface area (Å²) in [6.45, 7) is 4.87. The normalized spacial score (nSPS) is 22.2. The van der Waals surface area contributed by atoms with Crippen LogP contribution in [0.5, 0.6) is 5.75 Å². The summed E-state index contributed by atoms with van der Waals surface area (Å²) < 4.78 is 37.9. The van der Waals surface area contributed by atoms with Crippen LogP contribution in [0.1, 0.15) is 30.1 Å². The zero-order valence-corrected chi connectivity index (χ0v) is 16.1. The van der Waals surface area contributed by atoms with E-state index in [0.29, 0.717) is 50.9 Å². The number of carbonyl (C=O) groups excluding carboxylic acids is 1. The lowest BCUT2D eigenvalue weighted by Crippen LogP contribution is -2.41. The fraction of sp³-hybridized carbons (Fsp3) is 0.611. The zero-order valence-electron chi connectivity index (χ0n) is 15.3. The fourth-order valence-electron chi connectivity index (χ4n) is 3.49. The number of rotatable bonds is 4. The number of hydrogen-bond donors (Lipinski definition) is 0. The minimum Gasteiger partial charge on any atom is -0.495 e. The van der Waals surface area contributed by atoms with E-state index in [0.717, 1.165) is 12.8 Å². The van der Waals surface area contributed by atoms with E-state index in [-0.39, 0.29) is 16.6 Å². The van der Waals surface area contributed by atoms with Crippen molar-refractivity contribution >= 4 is 15.9 Å². The van der Waals surface area contributed by atoms with Crippen molar-refractivity contribution in [3.05, 3.63) is 23.8 Å². The molecule has 0 aromatic heterocycles. The third-order valence-corrected chi connectivity index (χ3v) is 6.86. The van der Waals surface area contributed by atoms with Gasteiger partial charge < -0.3 is 14.4 Å². The number of carbonyl (C=O) groups is 1. The molecule has 1 aromatic rings. The van der Waals surface area contributed by atoms with Gasteiger partial charge in [-0.05, 0) is 37.0 Å². The Morgan fingerprint density at radius 3 is 2.62 bits per heavy atom. The fourth-order valence-corrected chi connectivity index (χ4v) is 5.08. The van der Waals surface area contributed by atoms with E-state index in [1.165, 1.54) is 17.5 Å². The largest absolute Gasteiger partial charge is 0.495 e. The first-order chi connectivity index (χ1) is 12.4. The summed E-state index contributed by atoms with van der Waals surface area (Å²) in [5.74, 6) is 0.584. The van der Waals surface area contributed by atoms with Crippen LogP contribution < -0.4 is 4.74 Å². The Morgan fingerprint density at radius 1 is 1.23 bits per heavy atom. The highest BCUT2D eigenvalue weighted by Crippen LogP contribution is 2.29. The molecule has 2 heterocycles. The van der Waals surface area contributed by atoms with Gasteiger partial charge in [-0.25, -0.2) is 8.42 Å². The topological polar surface area (TPSA) is 76.2 Å². The molecule has 2 fully saturated rings. The molecule has 0 aliphatic carbocycles. The molecular formula is C18H26N2O5S. The molecule has 2 aliphatic heterocycles. The smallest absolute Gasteiger partial charge is 0.253 e. The monoisotopic (exact) mass is 382 g/mol. The maximum Gasteiger partial charge on any atom is 0.253 e. The van der Waals surface area contributed by atoms with Crippen molar-refractivity contribution in [1.82, 2.24) is 9.21 Å². The van der Waals surface area contributed by atoms with E-state index < -0.39 is 10.0 Å². The number of sulfonamides is 1. The van der Waals surface area contributed by atoms with Gasteiger partial charge in [-0.1, -0.05) is 6.92 Å². The highest BCUT2D eigenvalue weighted by molar-refractivity contribution is 7.89. The van der Waals surface area contributed by atoms with Crippen LogP contribution in [0.2, 0.25) is 0 Å². The molecule has 1 amide bonds. The van der Waals surface area contributed by atoms with Crippen molar-refractivity contribution in [2.75, 3.05) is 46.5 Å². The van der Waals surface area contributed by atoms with Crippen LogP contribution in [0.25, 0.3) is 0 Å². The maximum atomic E-state index is 13.0. The van der Waals surface area contributed by atoms with Gasteiger partial charge in [0.25, 0.3) is 5.91 Å².